The fourth-order valence-electron chi connectivity index (χ4n) is 6.90. The summed E-state index contributed by atoms with van der Waals surface area (Å²) >= 11 is 13.4. The normalized spacial score (nSPS) is 11.4. The van der Waals surface area contributed by atoms with Crippen LogP contribution in [0.15, 0.2) is 108 Å². The molecule has 2 heterocycles. The van der Waals surface area contributed by atoms with Gasteiger partial charge in [0.25, 0.3) is 0 Å². The van der Waals surface area contributed by atoms with E-state index in [0.29, 0.717) is 39.1 Å². The number of halogens is 2. The van der Waals surface area contributed by atoms with Crippen molar-refractivity contribution in [3.63, 3.8) is 0 Å². The number of aliphatic imine (C=N–C) groups is 2. The van der Waals surface area contributed by atoms with Crippen LogP contribution in [0.5, 0.6) is 23.0 Å². The zero-order chi connectivity index (χ0) is 46.5. The number of carbonyl (C=O) groups is 2. The minimum Gasteiger partial charge on any atom is -0.488 e. The summed E-state index contributed by atoms with van der Waals surface area (Å²) in [6, 6.07) is 20.4. The van der Waals surface area contributed by atoms with Gasteiger partial charge in [-0.15, -0.1) is 0 Å². The van der Waals surface area contributed by atoms with Gasteiger partial charge in [-0.25, -0.2) is 9.59 Å². The third-order valence-electron chi connectivity index (χ3n) is 10.3. The van der Waals surface area contributed by atoms with E-state index in [4.69, 9.17) is 42.1 Å². The molecule has 0 saturated carbocycles. The van der Waals surface area contributed by atoms with Crippen molar-refractivity contribution in [2.75, 3.05) is 14.1 Å². The van der Waals surface area contributed by atoms with Crippen molar-refractivity contribution in [1.29, 1.82) is 0 Å². The van der Waals surface area contributed by atoms with Crippen molar-refractivity contribution in [3.05, 3.63) is 163 Å². The first kappa shape index (κ1) is 47.6. The fraction of sp³-hybridized carbons (Fsp3) is 0.224. The van der Waals surface area contributed by atoms with E-state index in [9.17, 15) is 24.9 Å². The van der Waals surface area contributed by atoms with Gasteiger partial charge in [-0.3, -0.25) is 25.3 Å². The lowest BCUT2D eigenvalue weighted by molar-refractivity contribution is -0.151. The molecule has 14 nitrogen and oxygen atoms in total. The number of aliphatic hydroxyl groups is 1. The van der Waals surface area contributed by atoms with Gasteiger partial charge in [0.2, 0.25) is 6.04 Å². The Morgan fingerprint density at radius 1 is 0.631 bits per heavy atom. The number of aliphatic hydroxyl groups excluding tert-OH is 1. The Morgan fingerprint density at radius 3 is 1.52 bits per heavy atom. The average molecular weight is 921 g/mol. The van der Waals surface area contributed by atoms with Crippen molar-refractivity contribution in [3.8, 4) is 34.1 Å². The first-order valence-corrected chi connectivity index (χ1v) is 21.0. The summed E-state index contributed by atoms with van der Waals surface area (Å²) in [6.07, 6.45) is 10.1. The summed E-state index contributed by atoms with van der Waals surface area (Å²) in [5.74, 6) is -1.63. The third kappa shape index (κ3) is 12.5. The van der Waals surface area contributed by atoms with Crippen LogP contribution in [0.2, 0.25) is 10.0 Å². The topological polar surface area (TPSA) is 194 Å². The number of carboxylic acid groups (broad SMARTS) is 2. The monoisotopic (exact) mass is 919 g/mol. The number of hydrogen-bond acceptors (Lipinski definition) is 12. The van der Waals surface area contributed by atoms with Crippen molar-refractivity contribution >= 4 is 47.6 Å². The number of nitrogens with zero attached hydrogens (tertiary/aromatic N) is 4. The standard InChI is InChI=1S/C49H47Cl2N5O9/c1-29-35(27-64-45-15-43(62-25-33-11-31(17-52-3)19-54-21-33)37(13-41(45)50)23-56-47(48(58)59)49(60)61)7-5-9-39(29)40-10-6-8-36(30(40)2)28-65-46-16-44(38(24-57)14-42(46)51)63-26-34-12-32(18-53-4)20-55-22-34/h5-22,47,56-57H,23-28H2,1-4H3,(H,58,59)(H,60,61). The summed E-state index contributed by atoms with van der Waals surface area (Å²) in [6.45, 7) is 4.24. The lowest BCUT2D eigenvalue weighted by atomic mass is 9.92. The molecule has 6 aromatic rings. The summed E-state index contributed by atoms with van der Waals surface area (Å²) in [5, 5.41) is 32.0. The van der Waals surface area contributed by atoms with Gasteiger partial charge < -0.3 is 34.3 Å². The number of benzene rings is 4. The molecular weight excluding hydrogens is 873 g/mol. The molecule has 6 rings (SSSR count). The molecule has 0 aliphatic rings. The minimum absolute atomic E-state index is 0.0836. The van der Waals surface area contributed by atoms with Crippen LogP contribution in [0, 0.1) is 13.8 Å². The quantitative estimate of drug-likeness (QED) is 0.0397. The number of aliphatic carboxylic acids is 2. The molecule has 0 fully saturated rings. The number of pyridine rings is 2. The van der Waals surface area contributed by atoms with Gasteiger partial charge >= 0.3 is 11.9 Å². The largest absolute Gasteiger partial charge is 0.488 e. The number of aromatic nitrogens is 2. The first-order valence-electron chi connectivity index (χ1n) is 20.2. The Bertz CT molecular complexity index is 2710. The lowest BCUT2D eigenvalue weighted by Crippen LogP contribution is -2.42. The van der Waals surface area contributed by atoms with Gasteiger partial charge in [-0.05, 0) is 71.5 Å². The summed E-state index contributed by atoms with van der Waals surface area (Å²) in [7, 11) is 3.35. The molecule has 336 valence electrons. The zero-order valence-corrected chi connectivity index (χ0v) is 37.6. The van der Waals surface area contributed by atoms with Crippen LogP contribution in [0.25, 0.3) is 11.1 Å². The first-order chi connectivity index (χ1) is 31.4. The molecule has 0 radical (unpaired) electrons. The van der Waals surface area contributed by atoms with Crippen LogP contribution in [-0.2, 0) is 49.2 Å². The molecule has 16 heteroatoms. The molecule has 0 aliphatic heterocycles. The van der Waals surface area contributed by atoms with Crippen LogP contribution >= 0.6 is 23.2 Å². The Balaban J connectivity index is 1.19. The third-order valence-corrected chi connectivity index (χ3v) is 10.9. The Morgan fingerprint density at radius 2 is 1.08 bits per heavy atom. The van der Waals surface area contributed by atoms with E-state index < -0.39 is 18.0 Å². The number of rotatable bonds is 21. The highest BCUT2D eigenvalue weighted by atomic mass is 35.5. The molecule has 0 atom stereocenters. The molecule has 0 aliphatic carbocycles. The molecule has 0 bridgehead atoms. The van der Waals surface area contributed by atoms with E-state index >= 15 is 0 Å². The average Bonchev–Trinajstić information content (AvgIpc) is 3.28. The molecular formula is C49H47Cl2N5O9. The SMILES string of the molecule is CN=Cc1cncc(COc2cc(OCc3cccc(-c4cccc(COc5cc(OCc6cncc(C=NC)c6)c(CNC(C(=O)O)C(=O)O)cc5Cl)c4C)c3C)c(Cl)cc2CO)c1. The van der Waals surface area contributed by atoms with Crippen LogP contribution in [-0.4, -0.2) is 69.8 Å². The second-order valence-corrected chi connectivity index (χ2v) is 15.6. The number of ether oxygens (including phenoxy) is 4. The van der Waals surface area contributed by atoms with Crippen molar-refractivity contribution in [1.82, 2.24) is 15.3 Å². The maximum atomic E-state index is 11.6. The van der Waals surface area contributed by atoms with Gasteiger partial charge in [0.1, 0.15) is 49.4 Å². The van der Waals surface area contributed by atoms with Crippen LogP contribution in [0.4, 0.5) is 0 Å². The van der Waals surface area contributed by atoms with E-state index in [1.165, 1.54) is 0 Å². The van der Waals surface area contributed by atoms with Crippen LogP contribution < -0.4 is 24.3 Å². The van der Waals surface area contributed by atoms with Gasteiger partial charge in [-0.1, -0.05) is 59.6 Å². The minimum atomic E-state index is -1.85. The number of carboxylic acids is 2. The molecule has 2 aromatic heterocycles. The van der Waals surface area contributed by atoms with Crippen LogP contribution in [0.1, 0.15) is 55.6 Å². The summed E-state index contributed by atoms with van der Waals surface area (Å²) < 4.78 is 24.9. The summed E-state index contributed by atoms with van der Waals surface area (Å²) in [5.41, 5.74) is 9.91. The van der Waals surface area contributed by atoms with E-state index in [2.05, 4.69) is 25.3 Å². The predicted molar refractivity (Wildman–Crippen MR) is 249 cm³/mol. The maximum Gasteiger partial charge on any atom is 0.332 e. The van der Waals surface area contributed by atoms with Crippen molar-refractivity contribution < 1.29 is 43.9 Å². The molecule has 4 aromatic carbocycles. The number of nitrogens with one attached hydrogen (secondary N) is 1. The molecule has 0 amide bonds. The van der Waals surface area contributed by atoms with Gasteiger partial charge in [0, 0.05) is 103 Å². The Labute approximate surface area is 386 Å². The van der Waals surface area contributed by atoms with E-state index in [-0.39, 0.29) is 44.6 Å². The predicted octanol–water partition coefficient (Wildman–Crippen LogP) is 8.60. The highest BCUT2D eigenvalue weighted by Gasteiger charge is 2.26. The molecule has 4 N–H and O–H groups in total. The van der Waals surface area contributed by atoms with Gasteiger partial charge in [0.15, 0.2) is 0 Å². The smallest absolute Gasteiger partial charge is 0.332 e. The Kier molecular flexibility index (Phi) is 16.6. The molecule has 0 saturated heterocycles. The second kappa shape index (κ2) is 22.7. The molecule has 65 heavy (non-hydrogen) atoms. The fourth-order valence-corrected chi connectivity index (χ4v) is 7.39. The maximum absolute atomic E-state index is 11.6. The van der Waals surface area contributed by atoms with Crippen molar-refractivity contribution in [2.24, 2.45) is 9.98 Å². The molecule has 0 unspecified atom stereocenters. The van der Waals surface area contributed by atoms with E-state index in [1.807, 2.05) is 62.4 Å². The van der Waals surface area contributed by atoms with Crippen LogP contribution in [0.3, 0.4) is 0 Å². The highest BCUT2D eigenvalue weighted by molar-refractivity contribution is 6.32. The van der Waals surface area contributed by atoms with Crippen molar-refractivity contribution in [2.45, 2.75) is 59.5 Å². The Hall–Kier alpha value is -6.84. The number of hydrogen-bond donors (Lipinski definition) is 4. The lowest BCUT2D eigenvalue weighted by Gasteiger charge is -2.19. The second-order valence-electron chi connectivity index (χ2n) is 14.8. The molecule has 0 spiro atoms. The zero-order valence-electron chi connectivity index (χ0n) is 36.0. The highest BCUT2D eigenvalue weighted by Crippen LogP contribution is 2.37. The van der Waals surface area contributed by atoms with Gasteiger partial charge in [-0.2, -0.15) is 0 Å². The van der Waals surface area contributed by atoms with Gasteiger partial charge in [0.05, 0.1) is 16.7 Å². The van der Waals surface area contributed by atoms with E-state index in [0.717, 1.165) is 55.6 Å². The van der Waals surface area contributed by atoms with E-state index in [1.54, 1.807) is 75.6 Å². The summed E-state index contributed by atoms with van der Waals surface area (Å²) in [4.78, 5) is 39.8.